The van der Waals surface area contributed by atoms with Crippen molar-refractivity contribution >= 4 is 5.91 Å². The van der Waals surface area contributed by atoms with Gasteiger partial charge in [-0.15, -0.1) is 0 Å². The fourth-order valence-electron chi connectivity index (χ4n) is 2.50. The number of ether oxygens (including phenoxy) is 1. The molecule has 0 aliphatic carbocycles. The fraction of sp³-hybridized carbons (Fsp3) is 0.267. The molecule has 2 aromatic rings. The van der Waals surface area contributed by atoms with E-state index in [-0.39, 0.29) is 11.9 Å². The van der Waals surface area contributed by atoms with Crippen LogP contribution in [0.15, 0.2) is 53.3 Å². The largest absolute Gasteiger partial charge is 0.472 e. The molecule has 1 aliphatic heterocycles. The SMILES string of the molecule is CO[C@@H]1C(=O)N(Cc2ccccc2)[C@H]1c1ccoc1. The molecule has 4 heteroatoms. The number of methoxy groups -OCH3 is 1. The first-order chi connectivity index (χ1) is 9.31. The second kappa shape index (κ2) is 4.90. The molecule has 0 saturated carbocycles. The van der Waals surface area contributed by atoms with Crippen molar-refractivity contribution in [1.29, 1.82) is 0 Å². The Morgan fingerprint density at radius 2 is 2.05 bits per heavy atom. The van der Waals surface area contributed by atoms with Crippen molar-refractivity contribution in [3.05, 3.63) is 60.1 Å². The zero-order valence-corrected chi connectivity index (χ0v) is 10.7. The average molecular weight is 257 g/mol. The van der Waals surface area contributed by atoms with E-state index in [1.54, 1.807) is 19.6 Å². The molecule has 3 rings (SSSR count). The first-order valence-electron chi connectivity index (χ1n) is 6.20. The summed E-state index contributed by atoms with van der Waals surface area (Å²) >= 11 is 0. The third kappa shape index (κ3) is 2.04. The highest BCUT2D eigenvalue weighted by Gasteiger charge is 2.48. The number of benzene rings is 1. The summed E-state index contributed by atoms with van der Waals surface area (Å²) in [7, 11) is 1.56. The molecule has 0 radical (unpaired) electrons. The molecule has 1 aromatic carbocycles. The third-order valence-corrected chi connectivity index (χ3v) is 3.48. The van der Waals surface area contributed by atoms with E-state index in [1.165, 1.54) is 0 Å². The van der Waals surface area contributed by atoms with Gasteiger partial charge < -0.3 is 14.1 Å². The summed E-state index contributed by atoms with van der Waals surface area (Å²) in [5, 5.41) is 0. The van der Waals surface area contributed by atoms with E-state index in [4.69, 9.17) is 9.15 Å². The van der Waals surface area contributed by atoms with Crippen LogP contribution in [0.5, 0.6) is 0 Å². The van der Waals surface area contributed by atoms with Gasteiger partial charge in [0, 0.05) is 19.2 Å². The van der Waals surface area contributed by atoms with Gasteiger partial charge in [0.25, 0.3) is 5.91 Å². The third-order valence-electron chi connectivity index (χ3n) is 3.48. The van der Waals surface area contributed by atoms with Crippen LogP contribution in [0.1, 0.15) is 17.2 Å². The number of amides is 1. The standard InChI is InChI=1S/C15H15NO3/c1-18-14-13(12-7-8-19-10-12)16(15(14)17)9-11-5-3-2-4-6-11/h2-8,10,13-14H,9H2,1H3/t13-,14-/m0/s1. The van der Waals surface area contributed by atoms with Gasteiger partial charge in [-0.05, 0) is 11.6 Å². The Hall–Kier alpha value is -2.07. The molecular weight excluding hydrogens is 242 g/mol. The van der Waals surface area contributed by atoms with Crippen LogP contribution in [0.2, 0.25) is 0 Å². The predicted molar refractivity (Wildman–Crippen MR) is 69.2 cm³/mol. The molecule has 0 bridgehead atoms. The minimum Gasteiger partial charge on any atom is -0.472 e. The second-order valence-electron chi connectivity index (χ2n) is 4.61. The predicted octanol–water partition coefficient (Wildman–Crippen LogP) is 2.38. The summed E-state index contributed by atoms with van der Waals surface area (Å²) in [6.07, 6.45) is 2.88. The minimum absolute atomic E-state index is 0.0255. The minimum atomic E-state index is -0.402. The van der Waals surface area contributed by atoms with Crippen LogP contribution in [0.25, 0.3) is 0 Å². The molecule has 1 aromatic heterocycles. The monoisotopic (exact) mass is 257 g/mol. The molecule has 1 amide bonds. The van der Waals surface area contributed by atoms with Gasteiger partial charge in [0.1, 0.15) is 0 Å². The van der Waals surface area contributed by atoms with Crippen molar-refractivity contribution in [2.24, 2.45) is 0 Å². The summed E-state index contributed by atoms with van der Waals surface area (Å²) in [5.41, 5.74) is 2.08. The second-order valence-corrected chi connectivity index (χ2v) is 4.61. The lowest BCUT2D eigenvalue weighted by molar-refractivity contribution is -0.172. The van der Waals surface area contributed by atoms with Crippen molar-refractivity contribution < 1.29 is 13.9 Å². The van der Waals surface area contributed by atoms with Crippen LogP contribution >= 0.6 is 0 Å². The Labute approximate surface area is 111 Å². The summed E-state index contributed by atoms with van der Waals surface area (Å²) in [6, 6.07) is 11.8. The molecule has 4 nitrogen and oxygen atoms in total. The van der Waals surface area contributed by atoms with Gasteiger partial charge >= 0.3 is 0 Å². The number of rotatable bonds is 4. The molecular formula is C15H15NO3. The number of β-lactam (4-membered cyclic amide) rings is 1. The Bertz CT molecular complexity index is 550. The summed E-state index contributed by atoms with van der Waals surface area (Å²) in [4.78, 5) is 13.9. The van der Waals surface area contributed by atoms with Crippen molar-refractivity contribution in [3.8, 4) is 0 Å². The Morgan fingerprint density at radius 1 is 1.26 bits per heavy atom. The maximum absolute atomic E-state index is 12.1. The fourth-order valence-corrected chi connectivity index (χ4v) is 2.50. The Kier molecular flexibility index (Phi) is 3.09. The summed E-state index contributed by atoms with van der Waals surface area (Å²) < 4.78 is 10.4. The van der Waals surface area contributed by atoms with Gasteiger partial charge in [-0.25, -0.2) is 0 Å². The molecule has 98 valence electrons. The molecule has 1 fully saturated rings. The lowest BCUT2D eigenvalue weighted by Crippen LogP contribution is -2.58. The number of hydrogen-bond donors (Lipinski definition) is 0. The first-order valence-corrected chi connectivity index (χ1v) is 6.20. The molecule has 0 spiro atoms. The van der Waals surface area contributed by atoms with Crippen molar-refractivity contribution in [2.45, 2.75) is 18.7 Å². The van der Waals surface area contributed by atoms with Crippen LogP contribution < -0.4 is 0 Å². The van der Waals surface area contributed by atoms with E-state index in [1.807, 2.05) is 41.3 Å². The zero-order valence-electron chi connectivity index (χ0n) is 10.7. The highest BCUT2D eigenvalue weighted by Crippen LogP contribution is 2.38. The maximum Gasteiger partial charge on any atom is 0.255 e. The highest BCUT2D eigenvalue weighted by atomic mass is 16.5. The van der Waals surface area contributed by atoms with E-state index < -0.39 is 6.10 Å². The van der Waals surface area contributed by atoms with E-state index in [0.717, 1.165) is 11.1 Å². The van der Waals surface area contributed by atoms with Gasteiger partial charge in [0.05, 0.1) is 18.6 Å². The van der Waals surface area contributed by atoms with Crippen LogP contribution in [0.3, 0.4) is 0 Å². The van der Waals surface area contributed by atoms with Gasteiger partial charge in [-0.3, -0.25) is 4.79 Å². The summed E-state index contributed by atoms with van der Waals surface area (Å²) in [5.74, 6) is 0.0255. The zero-order chi connectivity index (χ0) is 13.2. The van der Waals surface area contributed by atoms with E-state index in [9.17, 15) is 4.79 Å². The number of nitrogens with zero attached hydrogens (tertiary/aromatic N) is 1. The van der Waals surface area contributed by atoms with Crippen LogP contribution in [-0.4, -0.2) is 24.0 Å². The Balaban J connectivity index is 1.82. The molecule has 0 unspecified atom stereocenters. The summed E-state index contributed by atoms with van der Waals surface area (Å²) in [6.45, 7) is 0.593. The van der Waals surface area contributed by atoms with Gasteiger partial charge in [0.15, 0.2) is 6.10 Å². The lowest BCUT2D eigenvalue weighted by Gasteiger charge is -2.45. The van der Waals surface area contributed by atoms with Gasteiger partial charge in [-0.1, -0.05) is 30.3 Å². The quantitative estimate of drug-likeness (QED) is 0.790. The number of hydrogen-bond acceptors (Lipinski definition) is 3. The number of carbonyl (C=O) groups is 1. The lowest BCUT2D eigenvalue weighted by atomic mass is 9.91. The smallest absolute Gasteiger partial charge is 0.255 e. The first kappa shape index (κ1) is 12.0. The molecule has 1 aliphatic rings. The van der Waals surface area contributed by atoms with Crippen LogP contribution in [0, 0.1) is 0 Å². The van der Waals surface area contributed by atoms with E-state index in [0.29, 0.717) is 6.54 Å². The average Bonchev–Trinajstić information content (AvgIpc) is 2.96. The highest BCUT2D eigenvalue weighted by molar-refractivity contribution is 5.88. The van der Waals surface area contributed by atoms with Crippen molar-refractivity contribution in [2.75, 3.05) is 7.11 Å². The normalized spacial score (nSPS) is 22.4. The molecule has 0 N–H and O–H groups in total. The van der Waals surface area contributed by atoms with Gasteiger partial charge in [0.2, 0.25) is 0 Å². The van der Waals surface area contributed by atoms with E-state index >= 15 is 0 Å². The molecule has 2 heterocycles. The molecule has 2 atom stereocenters. The molecule has 1 saturated heterocycles. The topological polar surface area (TPSA) is 42.7 Å². The van der Waals surface area contributed by atoms with E-state index in [2.05, 4.69) is 0 Å². The number of furan rings is 1. The number of likely N-dealkylation sites (tertiary alicyclic amines) is 1. The maximum atomic E-state index is 12.1. The molecule has 19 heavy (non-hydrogen) atoms. The number of carbonyl (C=O) groups excluding carboxylic acids is 1. The Morgan fingerprint density at radius 3 is 2.68 bits per heavy atom. The van der Waals surface area contributed by atoms with Crippen molar-refractivity contribution in [1.82, 2.24) is 4.90 Å². The van der Waals surface area contributed by atoms with Crippen LogP contribution in [0.4, 0.5) is 0 Å². The van der Waals surface area contributed by atoms with Crippen LogP contribution in [-0.2, 0) is 16.1 Å². The van der Waals surface area contributed by atoms with Crippen molar-refractivity contribution in [3.63, 3.8) is 0 Å². The van der Waals surface area contributed by atoms with Gasteiger partial charge in [-0.2, -0.15) is 0 Å².